The lowest BCUT2D eigenvalue weighted by Crippen LogP contribution is -2.07. The van der Waals surface area contributed by atoms with Crippen LogP contribution in [-0.2, 0) is 4.74 Å². The van der Waals surface area contributed by atoms with E-state index in [1.165, 1.54) is 0 Å². The number of hydrogen-bond donors (Lipinski definition) is 0. The van der Waals surface area contributed by atoms with Gasteiger partial charge in [0.15, 0.2) is 0 Å². The number of hydrogen-bond acceptors (Lipinski definition) is 3. The van der Waals surface area contributed by atoms with Crippen molar-refractivity contribution in [3.63, 3.8) is 0 Å². The Morgan fingerprint density at radius 3 is 2.57 bits per heavy atom. The Balaban J connectivity index is 2.40. The first-order chi connectivity index (χ1) is 10.2. The molecule has 0 saturated heterocycles. The lowest BCUT2D eigenvalue weighted by Gasteiger charge is -2.07. The van der Waals surface area contributed by atoms with Crippen LogP contribution in [0, 0.1) is 0 Å². The van der Waals surface area contributed by atoms with Crippen molar-refractivity contribution in [3.05, 3.63) is 47.9 Å². The first kappa shape index (κ1) is 15.2. The van der Waals surface area contributed by atoms with E-state index in [4.69, 9.17) is 9.15 Å². The highest BCUT2D eigenvalue weighted by molar-refractivity contribution is 5.97. The third kappa shape index (κ3) is 3.48. The van der Waals surface area contributed by atoms with Crippen LogP contribution in [0.1, 0.15) is 25.5 Å². The summed E-state index contributed by atoms with van der Waals surface area (Å²) in [6, 6.07) is 8.22. The van der Waals surface area contributed by atoms with Crippen LogP contribution in [0.5, 0.6) is 0 Å². The van der Waals surface area contributed by atoms with Crippen LogP contribution in [0.25, 0.3) is 16.8 Å². The standard InChI is InChI=1S/C18H23NO2/c1-5-6-7-10-14(20-4)13-17-15-11-8-9-12-16(15)18(21-17)19(2)3/h5-6,8-9,11-13H,7,10H2,1-4H3/b6-5+,14-13-. The maximum absolute atomic E-state index is 6.02. The highest BCUT2D eigenvalue weighted by Crippen LogP contribution is 2.33. The lowest BCUT2D eigenvalue weighted by atomic mass is 10.1. The van der Waals surface area contributed by atoms with Gasteiger partial charge in [-0.05, 0) is 19.4 Å². The van der Waals surface area contributed by atoms with E-state index in [0.29, 0.717) is 0 Å². The van der Waals surface area contributed by atoms with Gasteiger partial charge >= 0.3 is 0 Å². The predicted molar refractivity (Wildman–Crippen MR) is 89.6 cm³/mol. The van der Waals surface area contributed by atoms with Crippen molar-refractivity contribution in [1.82, 2.24) is 0 Å². The molecule has 0 bridgehead atoms. The Morgan fingerprint density at radius 2 is 1.95 bits per heavy atom. The quantitative estimate of drug-likeness (QED) is 0.561. The zero-order valence-electron chi connectivity index (χ0n) is 13.2. The molecule has 0 unspecified atom stereocenters. The van der Waals surface area contributed by atoms with E-state index in [9.17, 15) is 0 Å². The second-order valence-electron chi connectivity index (χ2n) is 5.13. The molecule has 21 heavy (non-hydrogen) atoms. The van der Waals surface area contributed by atoms with Gasteiger partial charge in [-0.25, -0.2) is 0 Å². The molecule has 1 heterocycles. The molecule has 0 N–H and O–H groups in total. The molecule has 0 aliphatic heterocycles. The Morgan fingerprint density at radius 1 is 1.24 bits per heavy atom. The lowest BCUT2D eigenvalue weighted by molar-refractivity contribution is 0.281. The molecule has 112 valence electrons. The first-order valence-corrected chi connectivity index (χ1v) is 7.22. The number of fused-ring (bicyclic) bond motifs is 1. The molecule has 0 spiro atoms. The molecule has 1 aromatic heterocycles. The molecule has 3 heteroatoms. The van der Waals surface area contributed by atoms with Gasteiger partial charge in [0.1, 0.15) is 5.76 Å². The monoisotopic (exact) mass is 285 g/mol. The second kappa shape index (κ2) is 7.02. The van der Waals surface area contributed by atoms with Gasteiger partial charge in [-0.3, -0.25) is 0 Å². The van der Waals surface area contributed by atoms with Crippen LogP contribution in [0.4, 0.5) is 5.88 Å². The van der Waals surface area contributed by atoms with E-state index in [-0.39, 0.29) is 0 Å². The fourth-order valence-electron chi connectivity index (χ4n) is 2.31. The minimum absolute atomic E-state index is 0.853. The van der Waals surface area contributed by atoms with Gasteiger partial charge in [0, 0.05) is 37.4 Å². The summed E-state index contributed by atoms with van der Waals surface area (Å²) in [7, 11) is 5.68. The molecular formula is C18H23NO2. The molecule has 0 atom stereocenters. The zero-order valence-corrected chi connectivity index (χ0v) is 13.2. The molecule has 0 aliphatic carbocycles. The third-order valence-corrected chi connectivity index (χ3v) is 3.38. The summed E-state index contributed by atoms with van der Waals surface area (Å²) in [4.78, 5) is 1.99. The molecule has 0 fully saturated rings. The van der Waals surface area contributed by atoms with Gasteiger partial charge in [0.2, 0.25) is 5.88 Å². The number of furan rings is 1. The van der Waals surface area contributed by atoms with Crippen molar-refractivity contribution in [3.8, 4) is 0 Å². The Bertz CT molecular complexity index is 650. The molecule has 3 nitrogen and oxygen atoms in total. The van der Waals surface area contributed by atoms with Crippen molar-refractivity contribution in [2.24, 2.45) is 0 Å². The van der Waals surface area contributed by atoms with Crippen LogP contribution in [0.3, 0.4) is 0 Å². The smallest absolute Gasteiger partial charge is 0.203 e. The van der Waals surface area contributed by atoms with Gasteiger partial charge in [-0.1, -0.05) is 30.4 Å². The Kier molecular flexibility index (Phi) is 5.09. The van der Waals surface area contributed by atoms with Crippen LogP contribution < -0.4 is 4.90 Å². The van der Waals surface area contributed by atoms with E-state index in [1.54, 1.807) is 7.11 Å². The summed E-state index contributed by atoms with van der Waals surface area (Å²) in [6.07, 6.45) is 8.03. The normalized spacial score (nSPS) is 12.3. The van der Waals surface area contributed by atoms with Crippen LogP contribution in [0.2, 0.25) is 0 Å². The number of methoxy groups -OCH3 is 1. The van der Waals surface area contributed by atoms with Crippen molar-refractivity contribution < 1.29 is 9.15 Å². The van der Waals surface area contributed by atoms with Gasteiger partial charge in [0.05, 0.1) is 12.9 Å². The van der Waals surface area contributed by atoms with Crippen molar-refractivity contribution in [1.29, 1.82) is 0 Å². The minimum Gasteiger partial charge on any atom is -0.501 e. The molecule has 0 amide bonds. The fourth-order valence-corrected chi connectivity index (χ4v) is 2.31. The van der Waals surface area contributed by atoms with E-state index in [2.05, 4.69) is 24.3 Å². The highest BCUT2D eigenvalue weighted by Gasteiger charge is 2.13. The number of ether oxygens (including phenoxy) is 1. The average Bonchev–Trinajstić information content (AvgIpc) is 2.85. The fraction of sp³-hybridized carbons (Fsp3) is 0.333. The van der Waals surface area contributed by atoms with E-state index in [0.717, 1.165) is 41.0 Å². The highest BCUT2D eigenvalue weighted by atomic mass is 16.5. The summed E-state index contributed by atoms with van der Waals surface area (Å²) >= 11 is 0. The molecule has 2 rings (SSSR count). The number of benzene rings is 1. The van der Waals surface area contributed by atoms with E-state index in [1.807, 2.05) is 44.1 Å². The minimum atomic E-state index is 0.853. The van der Waals surface area contributed by atoms with Gasteiger partial charge in [-0.2, -0.15) is 0 Å². The maximum atomic E-state index is 6.02. The largest absolute Gasteiger partial charge is 0.501 e. The average molecular weight is 285 g/mol. The summed E-state index contributed by atoms with van der Waals surface area (Å²) < 4.78 is 11.5. The van der Waals surface area contributed by atoms with Crippen molar-refractivity contribution >= 4 is 22.7 Å². The van der Waals surface area contributed by atoms with Crippen LogP contribution in [0.15, 0.2) is 46.6 Å². The molecule has 0 aliphatic rings. The number of rotatable bonds is 6. The van der Waals surface area contributed by atoms with Crippen LogP contribution >= 0.6 is 0 Å². The second-order valence-corrected chi connectivity index (χ2v) is 5.13. The third-order valence-electron chi connectivity index (χ3n) is 3.38. The number of nitrogens with zero attached hydrogens (tertiary/aromatic N) is 1. The Labute approximate surface area is 126 Å². The molecule has 0 radical (unpaired) electrons. The summed E-state index contributed by atoms with van der Waals surface area (Å²) in [5, 5.41) is 2.24. The van der Waals surface area contributed by atoms with Crippen molar-refractivity contribution in [2.45, 2.75) is 19.8 Å². The first-order valence-electron chi connectivity index (χ1n) is 7.22. The van der Waals surface area contributed by atoms with Crippen molar-refractivity contribution in [2.75, 3.05) is 26.1 Å². The van der Waals surface area contributed by atoms with E-state index < -0.39 is 0 Å². The van der Waals surface area contributed by atoms with Gasteiger partial charge < -0.3 is 14.1 Å². The maximum Gasteiger partial charge on any atom is 0.203 e. The molecular weight excluding hydrogens is 262 g/mol. The molecule has 1 aromatic carbocycles. The number of anilines is 1. The summed E-state index contributed by atoms with van der Waals surface area (Å²) in [6.45, 7) is 2.03. The molecule has 0 saturated carbocycles. The number of allylic oxidation sites excluding steroid dienone is 3. The zero-order chi connectivity index (χ0) is 15.2. The summed E-state index contributed by atoms with van der Waals surface area (Å²) in [5.41, 5.74) is 0. The summed E-state index contributed by atoms with van der Waals surface area (Å²) in [5.74, 6) is 2.66. The predicted octanol–water partition coefficient (Wildman–Crippen LogP) is 4.84. The molecule has 2 aromatic rings. The Hall–Kier alpha value is -2.16. The van der Waals surface area contributed by atoms with Crippen LogP contribution in [-0.4, -0.2) is 21.2 Å². The van der Waals surface area contributed by atoms with Gasteiger partial charge in [0.25, 0.3) is 0 Å². The topological polar surface area (TPSA) is 25.6 Å². The van der Waals surface area contributed by atoms with Gasteiger partial charge in [-0.15, -0.1) is 0 Å². The van der Waals surface area contributed by atoms with E-state index >= 15 is 0 Å². The SMILES string of the molecule is C/C=C/CC/C(=C/c1oc(N(C)C)c2ccccc12)OC.